The second kappa shape index (κ2) is 7.24. The molecule has 0 radical (unpaired) electrons. The van der Waals surface area contributed by atoms with Crippen LogP contribution in [0, 0.1) is 16.0 Å². The largest absolute Gasteiger partial charge is 0.406 e. The Morgan fingerprint density at radius 1 is 1.43 bits per heavy atom. The number of nitro groups is 1. The van der Waals surface area contributed by atoms with Crippen LogP contribution in [0.2, 0.25) is 0 Å². The van der Waals surface area contributed by atoms with Crippen molar-refractivity contribution in [1.29, 1.82) is 0 Å². The lowest BCUT2D eigenvalue weighted by Crippen LogP contribution is -2.50. The van der Waals surface area contributed by atoms with Crippen molar-refractivity contribution in [2.24, 2.45) is 13.0 Å². The van der Waals surface area contributed by atoms with Gasteiger partial charge in [0.15, 0.2) is 0 Å². The zero-order valence-electron chi connectivity index (χ0n) is 13.3. The summed E-state index contributed by atoms with van der Waals surface area (Å²) in [5, 5.41) is 14.3. The smallest absolute Gasteiger partial charge is 0.381 e. The van der Waals surface area contributed by atoms with E-state index < -0.39 is 4.92 Å². The summed E-state index contributed by atoms with van der Waals surface area (Å²) in [5.74, 6) is 0.760. The third kappa shape index (κ3) is 3.62. The van der Waals surface area contributed by atoms with E-state index in [-0.39, 0.29) is 11.9 Å². The number of hydrogen-bond acceptors (Lipinski definition) is 7. The number of morpholine rings is 1. The van der Waals surface area contributed by atoms with Crippen LogP contribution in [-0.4, -0.2) is 71.5 Å². The SMILES string of the molecule is Cn1cnc([N+](=O)[O-])c1NC[C@H]([C@H]1CCOC1)N1CCOCC1. The fraction of sp³-hybridized carbons (Fsp3) is 0.786. The normalized spacial score (nSPS) is 23.8. The molecular weight excluding hydrogens is 302 g/mol. The molecule has 128 valence electrons. The Bertz CT molecular complexity index is 537. The van der Waals surface area contributed by atoms with Crippen molar-refractivity contribution < 1.29 is 14.4 Å². The molecule has 0 amide bonds. The molecule has 1 aromatic heterocycles. The second-order valence-corrected chi connectivity index (χ2v) is 6.01. The van der Waals surface area contributed by atoms with Gasteiger partial charge in [-0.2, -0.15) is 0 Å². The van der Waals surface area contributed by atoms with Gasteiger partial charge in [-0.25, -0.2) is 0 Å². The zero-order valence-corrected chi connectivity index (χ0v) is 13.3. The molecule has 1 N–H and O–H groups in total. The molecule has 0 aromatic carbocycles. The van der Waals surface area contributed by atoms with Crippen molar-refractivity contribution in [1.82, 2.24) is 14.5 Å². The number of hydrogen-bond donors (Lipinski definition) is 1. The number of rotatable bonds is 6. The van der Waals surface area contributed by atoms with E-state index in [1.54, 1.807) is 11.6 Å². The highest BCUT2D eigenvalue weighted by Crippen LogP contribution is 2.25. The van der Waals surface area contributed by atoms with Crippen LogP contribution in [-0.2, 0) is 16.5 Å². The Balaban J connectivity index is 1.71. The maximum Gasteiger partial charge on any atom is 0.406 e. The van der Waals surface area contributed by atoms with E-state index in [2.05, 4.69) is 15.2 Å². The van der Waals surface area contributed by atoms with Crippen LogP contribution in [0.25, 0.3) is 0 Å². The first-order valence-corrected chi connectivity index (χ1v) is 7.96. The molecule has 23 heavy (non-hydrogen) atoms. The van der Waals surface area contributed by atoms with Gasteiger partial charge in [0, 0.05) is 45.2 Å². The molecule has 9 heteroatoms. The van der Waals surface area contributed by atoms with Gasteiger partial charge in [-0.1, -0.05) is 0 Å². The molecule has 2 aliphatic heterocycles. The highest BCUT2D eigenvalue weighted by molar-refractivity contribution is 5.52. The Morgan fingerprint density at radius 2 is 2.22 bits per heavy atom. The van der Waals surface area contributed by atoms with Gasteiger partial charge < -0.3 is 24.9 Å². The van der Waals surface area contributed by atoms with Crippen LogP contribution in [0.4, 0.5) is 11.6 Å². The Kier molecular flexibility index (Phi) is 5.09. The van der Waals surface area contributed by atoms with Crippen molar-refractivity contribution in [3.8, 4) is 0 Å². The van der Waals surface area contributed by atoms with Gasteiger partial charge in [-0.3, -0.25) is 9.47 Å². The topological polar surface area (TPSA) is 94.7 Å². The molecule has 3 heterocycles. The quantitative estimate of drug-likeness (QED) is 0.600. The summed E-state index contributed by atoms with van der Waals surface area (Å²) in [6.07, 6.45) is 2.49. The first-order chi connectivity index (χ1) is 11.2. The summed E-state index contributed by atoms with van der Waals surface area (Å²) >= 11 is 0. The predicted molar refractivity (Wildman–Crippen MR) is 83.5 cm³/mol. The lowest BCUT2D eigenvalue weighted by molar-refractivity contribution is -0.388. The fourth-order valence-electron chi connectivity index (χ4n) is 3.32. The monoisotopic (exact) mass is 325 g/mol. The average molecular weight is 325 g/mol. The zero-order chi connectivity index (χ0) is 16.2. The van der Waals surface area contributed by atoms with E-state index in [1.807, 2.05) is 0 Å². The third-order valence-corrected chi connectivity index (χ3v) is 4.59. The molecule has 0 spiro atoms. The highest BCUT2D eigenvalue weighted by Gasteiger charge is 2.32. The number of nitrogens with one attached hydrogen (secondary N) is 1. The molecular formula is C14H23N5O4. The van der Waals surface area contributed by atoms with E-state index >= 15 is 0 Å². The molecule has 0 saturated carbocycles. The first kappa shape index (κ1) is 16.2. The predicted octanol–water partition coefficient (Wildman–Crippen LogP) is 0.478. The number of imidazole rings is 1. The number of nitrogens with zero attached hydrogens (tertiary/aromatic N) is 4. The van der Waals surface area contributed by atoms with Crippen LogP contribution in [0.3, 0.4) is 0 Å². The van der Waals surface area contributed by atoms with Crippen molar-refractivity contribution >= 4 is 11.6 Å². The minimum atomic E-state index is -0.454. The molecule has 0 aliphatic carbocycles. The molecule has 0 unspecified atom stereocenters. The molecule has 2 saturated heterocycles. The molecule has 1 aromatic rings. The van der Waals surface area contributed by atoms with E-state index in [0.717, 1.165) is 45.9 Å². The summed E-state index contributed by atoms with van der Waals surface area (Å²) < 4.78 is 12.6. The van der Waals surface area contributed by atoms with E-state index in [1.165, 1.54) is 6.33 Å². The summed E-state index contributed by atoms with van der Waals surface area (Å²) in [7, 11) is 1.75. The maximum absolute atomic E-state index is 11.1. The van der Waals surface area contributed by atoms with Gasteiger partial charge in [-0.15, -0.1) is 0 Å². The van der Waals surface area contributed by atoms with Gasteiger partial charge in [0.2, 0.25) is 12.1 Å². The molecule has 3 rings (SSSR count). The average Bonchev–Trinajstić information content (AvgIpc) is 3.19. The summed E-state index contributed by atoms with van der Waals surface area (Å²) in [4.78, 5) is 16.9. The van der Waals surface area contributed by atoms with Crippen molar-refractivity contribution in [3.05, 3.63) is 16.4 Å². The Hall–Kier alpha value is -1.71. The standard InChI is InChI=1S/C14H23N5O4/c1-17-10-16-14(19(20)21)13(17)15-8-12(11-2-5-23-9-11)18-3-6-22-7-4-18/h10-12,15H,2-9H2,1H3/t11-,12+/m0/s1. The molecule has 2 fully saturated rings. The van der Waals surface area contributed by atoms with E-state index in [0.29, 0.717) is 18.3 Å². The number of aryl methyl sites for hydroxylation is 1. The van der Waals surface area contributed by atoms with Gasteiger partial charge in [0.05, 0.1) is 19.8 Å². The molecule has 9 nitrogen and oxygen atoms in total. The minimum Gasteiger partial charge on any atom is -0.381 e. The van der Waals surface area contributed by atoms with E-state index in [9.17, 15) is 10.1 Å². The van der Waals surface area contributed by atoms with Gasteiger partial charge >= 0.3 is 5.82 Å². The number of ether oxygens (including phenoxy) is 2. The second-order valence-electron chi connectivity index (χ2n) is 6.01. The third-order valence-electron chi connectivity index (χ3n) is 4.59. The van der Waals surface area contributed by atoms with Crippen molar-refractivity contribution in [2.45, 2.75) is 12.5 Å². The van der Waals surface area contributed by atoms with Crippen LogP contribution >= 0.6 is 0 Å². The Labute approximate surface area is 134 Å². The number of anilines is 1. The van der Waals surface area contributed by atoms with Crippen LogP contribution in [0.5, 0.6) is 0 Å². The van der Waals surface area contributed by atoms with E-state index in [4.69, 9.17) is 9.47 Å². The van der Waals surface area contributed by atoms with Gasteiger partial charge in [-0.05, 0) is 16.3 Å². The van der Waals surface area contributed by atoms with Gasteiger partial charge in [0.1, 0.15) is 0 Å². The van der Waals surface area contributed by atoms with Crippen molar-refractivity contribution in [2.75, 3.05) is 51.4 Å². The summed E-state index contributed by atoms with van der Waals surface area (Å²) in [6, 6.07) is 0.274. The van der Waals surface area contributed by atoms with Gasteiger partial charge in [0.25, 0.3) is 0 Å². The molecule has 0 bridgehead atoms. The number of aromatic nitrogens is 2. The summed E-state index contributed by atoms with van der Waals surface area (Å²) in [6.45, 7) is 5.40. The maximum atomic E-state index is 11.1. The van der Waals surface area contributed by atoms with Crippen LogP contribution in [0.15, 0.2) is 6.33 Å². The summed E-state index contributed by atoms with van der Waals surface area (Å²) in [5.41, 5.74) is 0. The van der Waals surface area contributed by atoms with Crippen LogP contribution in [0.1, 0.15) is 6.42 Å². The lowest BCUT2D eigenvalue weighted by Gasteiger charge is -2.37. The Morgan fingerprint density at radius 3 is 2.87 bits per heavy atom. The minimum absolute atomic E-state index is 0.129. The highest BCUT2D eigenvalue weighted by atomic mass is 16.6. The fourth-order valence-corrected chi connectivity index (χ4v) is 3.32. The molecule has 2 atom stereocenters. The lowest BCUT2D eigenvalue weighted by atomic mass is 9.97. The van der Waals surface area contributed by atoms with Crippen molar-refractivity contribution in [3.63, 3.8) is 0 Å². The first-order valence-electron chi connectivity index (χ1n) is 7.96. The molecule has 2 aliphatic rings. The van der Waals surface area contributed by atoms with Crippen LogP contribution < -0.4 is 5.32 Å².